The van der Waals surface area contributed by atoms with Crippen molar-refractivity contribution in [3.8, 4) is 0 Å². The van der Waals surface area contributed by atoms with Crippen LogP contribution in [0.15, 0.2) is 42.5 Å². The fourth-order valence-electron chi connectivity index (χ4n) is 3.65. The van der Waals surface area contributed by atoms with Crippen LogP contribution in [-0.2, 0) is 4.79 Å². The van der Waals surface area contributed by atoms with Crippen molar-refractivity contribution in [1.29, 1.82) is 0 Å². The van der Waals surface area contributed by atoms with Crippen molar-refractivity contribution in [2.24, 2.45) is 5.41 Å². The Kier molecular flexibility index (Phi) is 2.93. The van der Waals surface area contributed by atoms with E-state index >= 15 is 0 Å². The van der Waals surface area contributed by atoms with Gasteiger partial charge in [-0.1, -0.05) is 56.3 Å². The Morgan fingerprint density at radius 1 is 1.05 bits per heavy atom. The lowest BCUT2D eigenvalue weighted by Crippen LogP contribution is -2.47. The second-order valence-corrected chi connectivity index (χ2v) is 5.65. The lowest BCUT2D eigenvalue weighted by Gasteiger charge is -2.47. The number of fused-ring (bicyclic) bond motifs is 1. The third-order valence-electron chi connectivity index (χ3n) is 5.05. The molecule has 3 rings (SSSR count). The maximum Gasteiger partial charge on any atom is 0.140 e. The van der Waals surface area contributed by atoms with Gasteiger partial charge < -0.3 is 0 Å². The topological polar surface area (TPSA) is 17.1 Å². The molecule has 0 N–H and O–H groups in total. The normalized spacial score (nSPS) is 21.4. The highest BCUT2D eigenvalue weighted by molar-refractivity contribution is 5.94. The summed E-state index contributed by atoms with van der Waals surface area (Å²) >= 11 is 0. The highest BCUT2D eigenvalue weighted by atomic mass is 16.1. The Bertz CT molecular complexity index is 622. The predicted octanol–water partition coefficient (Wildman–Crippen LogP) is 4.70. The Hall–Kier alpha value is -1.63. The van der Waals surface area contributed by atoms with Gasteiger partial charge in [-0.3, -0.25) is 4.79 Å². The Balaban J connectivity index is 2.03. The summed E-state index contributed by atoms with van der Waals surface area (Å²) in [5, 5.41) is 2.55. The van der Waals surface area contributed by atoms with E-state index in [0.29, 0.717) is 11.7 Å². The summed E-state index contributed by atoms with van der Waals surface area (Å²) in [6.07, 6.45) is 2.64. The van der Waals surface area contributed by atoms with Crippen LogP contribution >= 0.6 is 0 Å². The van der Waals surface area contributed by atoms with E-state index in [-0.39, 0.29) is 5.41 Å². The molecular weight excluding hydrogens is 232 g/mol. The number of carbonyl (C=O) groups is 1. The van der Waals surface area contributed by atoms with Gasteiger partial charge in [0.05, 0.1) is 0 Å². The second kappa shape index (κ2) is 4.48. The molecule has 0 spiro atoms. The maximum absolute atomic E-state index is 12.1. The standard InChI is InChI=1S/C18H20O/c1-3-18(4-2)16(12-17(18)19)15-10-9-13-7-5-6-8-14(13)11-15/h5-11,16H,3-4,12H2,1-2H3. The van der Waals surface area contributed by atoms with Crippen molar-refractivity contribution in [1.82, 2.24) is 0 Å². The first-order chi connectivity index (χ1) is 9.21. The van der Waals surface area contributed by atoms with Crippen LogP contribution in [0, 0.1) is 5.41 Å². The molecule has 0 radical (unpaired) electrons. The van der Waals surface area contributed by atoms with Gasteiger partial charge >= 0.3 is 0 Å². The molecule has 1 heteroatoms. The summed E-state index contributed by atoms with van der Waals surface area (Å²) in [6, 6.07) is 15.1. The van der Waals surface area contributed by atoms with Crippen molar-refractivity contribution in [3.05, 3.63) is 48.0 Å². The molecule has 2 aromatic carbocycles. The number of ketones is 1. The Labute approximate surface area is 114 Å². The lowest BCUT2D eigenvalue weighted by molar-refractivity contribution is -0.141. The molecule has 1 aliphatic rings. The number of rotatable bonds is 3. The fourth-order valence-corrected chi connectivity index (χ4v) is 3.65. The zero-order valence-electron chi connectivity index (χ0n) is 11.6. The van der Waals surface area contributed by atoms with Crippen molar-refractivity contribution >= 4 is 16.6 Å². The monoisotopic (exact) mass is 252 g/mol. The van der Waals surface area contributed by atoms with Gasteiger partial charge in [-0.05, 0) is 29.2 Å². The molecule has 1 fully saturated rings. The number of benzene rings is 2. The molecule has 1 nitrogen and oxygen atoms in total. The average Bonchev–Trinajstić information content (AvgIpc) is 2.45. The number of carbonyl (C=O) groups excluding carboxylic acids is 1. The first-order valence-electron chi connectivity index (χ1n) is 7.23. The van der Waals surface area contributed by atoms with Crippen LogP contribution in [0.5, 0.6) is 0 Å². The predicted molar refractivity (Wildman–Crippen MR) is 79.3 cm³/mol. The molecular formula is C18H20O. The molecule has 1 saturated carbocycles. The van der Waals surface area contributed by atoms with E-state index in [2.05, 4.69) is 56.3 Å². The minimum absolute atomic E-state index is 0.0948. The van der Waals surface area contributed by atoms with Crippen LogP contribution in [-0.4, -0.2) is 5.78 Å². The van der Waals surface area contributed by atoms with E-state index in [1.165, 1.54) is 16.3 Å². The molecule has 0 aromatic heterocycles. The molecule has 1 atom stereocenters. The van der Waals surface area contributed by atoms with Crippen molar-refractivity contribution in [2.75, 3.05) is 0 Å². The molecule has 1 unspecified atom stereocenters. The SMILES string of the molecule is CCC1(CC)C(=O)CC1c1ccc2ccccc2c1. The zero-order valence-corrected chi connectivity index (χ0v) is 11.6. The fraction of sp³-hybridized carbons (Fsp3) is 0.389. The van der Waals surface area contributed by atoms with E-state index in [1.54, 1.807) is 0 Å². The molecule has 1 aliphatic carbocycles. The van der Waals surface area contributed by atoms with E-state index < -0.39 is 0 Å². The first-order valence-corrected chi connectivity index (χ1v) is 7.23. The summed E-state index contributed by atoms with van der Waals surface area (Å²) in [6.45, 7) is 4.29. The summed E-state index contributed by atoms with van der Waals surface area (Å²) in [7, 11) is 0. The van der Waals surface area contributed by atoms with Crippen molar-refractivity contribution < 1.29 is 4.79 Å². The van der Waals surface area contributed by atoms with Crippen LogP contribution in [0.1, 0.15) is 44.6 Å². The summed E-state index contributed by atoms with van der Waals surface area (Å²) in [4.78, 5) is 12.1. The van der Waals surface area contributed by atoms with Crippen molar-refractivity contribution in [3.63, 3.8) is 0 Å². The molecule has 2 aromatic rings. The van der Waals surface area contributed by atoms with E-state index in [4.69, 9.17) is 0 Å². The zero-order chi connectivity index (χ0) is 13.5. The maximum atomic E-state index is 12.1. The molecule has 98 valence electrons. The van der Waals surface area contributed by atoms with Crippen LogP contribution in [0.3, 0.4) is 0 Å². The highest BCUT2D eigenvalue weighted by Gasteiger charge is 2.52. The largest absolute Gasteiger partial charge is 0.299 e. The van der Waals surface area contributed by atoms with Gasteiger partial charge in [-0.15, -0.1) is 0 Å². The van der Waals surface area contributed by atoms with Crippen LogP contribution in [0.2, 0.25) is 0 Å². The van der Waals surface area contributed by atoms with Gasteiger partial charge in [0.1, 0.15) is 5.78 Å². The smallest absolute Gasteiger partial charge is 0.140 e. The molecule has 19 heavy (non-hydrogen) atoms. The van der Waals surface area contributed by atoms with Crippen LogP contribution < -0.4 is 0 Å². The van der Waals surface area contributed by atoms with E-state index in [1.807, 2.05) is 0 Å². The molecule has 0 saturated heterocycles. The third-order valence-corrected chi connectivity index (χ3v) is 5.05. The average molecular weight is 252 g/mol. The molecule has 0 bridgehead atoms. The first kappa shape index (κ1) is 12.4. The lowest BCUT2D eigenvalue weighted by atomic mass is 9.54. The highest BCUT2D eigenvalue weighted by Crippen LogP contribution is 2.54. The van der Waals surface area contributed by atoms with E-state index in [0.717, 1.165) is 19.3 Å². The van der Waals surface area contributed by atoms with Gasteiger partial charge in [-0.2, -0.15) is 0 Å². The van der Waals surface area contributed by atoms with Gasteiger partial charge in [0.2, 0.25) is 0 Å². The summed E-state index contributed by atoms with van der Waals surface area (Å²) in [5.41, 5.74) is 1.24. The number of Topliss-reactive ketones (excluding diaryl/α,β-unsaturated/α-hetero) is 1. The summed E-state index contributed by atoms with van der Waals surface area (Å²) < 4.78 is 0. The quantitative estimate of drug-likeness (QED) is 0.773. The molecule has 0 aliphatic heterocycles. The Morgan fingerprint density at radius 2 is 1.74 bits per heavy atom. The van der Waals surface area contributed by atoms with E-state index in [9.17, 15) is 4.79 Å². The number of hydrogen-bond acceptors (Lipinski definition) is 1. The van der Waals surface area contributed by atoms with Crippen LogP contribution in [0.25, 0.3) is 10.8 Å². The van der Waals surface area contributed by atoms with Crippen molar-refractivity contribution in [2.45, 2.75) is 39.0 Å². The Morgan fingerprint density at radius 3 is 2.37 bits per heavy atom. The van der Waals surface area contributed by atoms with Gasteiger partial charge in [0.25, 0.3) is 0 Å². The third kappa shape index (κ3) is 1.72. The van der Waals surface area contributed by atoms with Gasteiger partial charge in [-0.25, -0.2) is 0 Å². The second-order valence-electron chi connectivity index (χ2n) is 5.65. The van der Waals surface area contributed by atoms with Gasteiger partial charge in [0.15, 0.2) is 0 Å². The van der Waals surface area contributed by atoms with Gasteiger partial charge in [0, 0.05) is 17.8 Å². The molecule has 0 heterocycles. The molecule has 0 amide bonds. The minimum Gasteiger partial charge on any atom is -0.299 e. The van der Waals surface area contributed by atoms with Crippen LogP contribution in [0.4, 0.5) is 0 Å². The minimum atomic E-state index is -0.0948. The number of hydrogen-bond donors (Lipinski definition) is 0. The summed E-state index contributed by atoms with van der Waals surface area (Å²) in [5.74, 6) is 0.871.